The standard InChI is InChI=1S/C26H33N5O2/c1-19-7-9-21(10-8-19)25-30-23(18-33-25)16-28-26(27-3)29-17-24(31-11-13-32-14-12-31)22-6-4-5-20(2)15-22/h4-10,15,18,24H,11-14,16-17H2,1-3H3,(H2,27,28,29). The Morgan fingerprint density at radius 1 is 1.06 bits per heavy atom. The SMILES string of the molecule is CN=C(NCc1coc(-c2ccc(C)cc2)n1)NCC(c1cccc(C)c1)N1CCOCC1. The van der Waals surface area contributed by atoms with Crippen LogP contribution < -0.4 is 10.6 Å². The average Bonchev–Trinajstić information content (AvgIpc) is 3.31. The molecule has 0 radical (unpaired) electrons. The molecule has 7 nitrogen and oxygen atoms in total. The smallest absolute Gasteiger partial charge is 0.226 e. The van der Waals surface area contributed by atoms with E-state index in [9.17, 15) is 0 Å². The van der Waals surface area contributed by atoms with Crippen LogP contribution in [0.25, 0.3) is 11.5 Å². The molecule has 1 aliphatic heterocycles. The molecule has 1 saturated heterocycles. The fourth-order valence-electron chi connectivity index (χ4n) is 4.03. The molecular formula is C26H33N5O2. The third-order valence-corrected chi connectivity index (χ3v) is 5.89. The molecule has 1 fully saturated rings. The molecule has 1 atom stereocenters. The summed E-state index contributed by atoms with van der Waals surface area (Å²) < 4.78 is 11.2. The molecule has 1 aromatic heterocycles. The first-order valence-corrected chi connectivity index (χ1v) is 11.5. The molecule has 0 bridgehead atoms. The maximum absolute atomic E-state index is 5.67. The van der Waals surface area contributed by atoms with Gasteiger partial charge in [0.15, 0.2) is 5.96 Å². The van der Waals surface area contributed by atoms with Crippen LogP contribution in [0.1, 0.15) is 28.4 Å². The summed E-state index contributed by atoms with van der Waals surface area (Å²) in [4.78, 5) is 11.5. The highest BCUT2D eigenvalue weighted by molar-refractivity contribution is 5.79. The maximum Gasteiger partial charge on any atom is 0.226 e. The lowest BCUT2D eigenvalue weighted by atomic mass is 10.0. The predicted octanol–water partition coefficient (Wildman–Crippen LogP) is 3.70. The van der Waals surface area contributed by atoms with E-state index in [1.165, 1.54) is 16.7 Å². The number of ether oxygens (including phenoxy) is 1. The zero-order valence-electron chi connectivity index (χ0n) is 19.7. The number of morpholine rings is 1. The van der Waals surface area contributed by atoms with E-state index < -0.39 is 0 Å². The van der Waals surface area contributed by atoms with Crippen molar-refractivity contribution in [1.82, 2.24) is 20.5 Å². The fraction of sp³-hybridized carbons (Fsp3) is 0.385. The number of nitrogens with zero attached hydrogens (tertiary/aromatic N) is 3. The summed E-state index contributed by atoms with van der Waals surface area (Å²) in [6.45, 7) is 8.86. The molecule has 174 valence electrons. The zero-order chi connectivity index (χ0) is 23.0. The van der Waals surface area contributed by atoms with Gasteiger partial charge in [-0.15, -0.1) is 0 Å². The summed E-state index contributed by atoms with van der Waals surface area (Å²) in [5.41, 5.74) is 5.59. The van der Waals surface area contributed by atoms with E-state index in [2.05, 4.69) is 75.8 Å². The fourth-order valence-corrected chi connectivity index (χ4v) is 4.03. The summed E-state index contributed by atoms with van der Waals surface area (Å²) in [6, 6.07) is 17.1. The number of aromatic nitrogens is 1. The monoisotopic (exact) mass is 447 g/mol. The molecule has 2 aromatic carbocycles. The highest BCUT2D eigenvalue weighted by Crippen LogP contribution is 2.22. The summed E-state index contributed by atoms with van der Waals surface area (Å²) in [7, 11) is 1.78. The second-order valence-corrected chi connectivity index (χ2v) is 8.39. The molecule has 7 heteroatoms. The second kappa shape index (κ2) is 11.1. The molecule has 0 aliphatic carbocycles. The van der Waals surface area contributed by atoms with Gasteiger partial charge in [0.05, 0.1) is 31.5 Å². The van der Waals surface area contributed by atoms with Gasteiger partial charge in [-0.2, -0.15) is 0 Å². The van der Waals surface area contributed by atoms with Gasteiger partial charge in [0.1, 0.15) is 6.26 Å². The highest BCUT2D eigenvalue weighted by Gasteiger charge is 2.23. The number of benzene rings is 2. The largest absolute Gasteiger partial charge is 0.444 e. The van der Waals surface area contributed by atoms with Gasteiger partial charge < -0.3 is 19.8 Å². The van der Waals surface area contributed by atoms with Crippen LogP contribution in [0.3, 0.4) is 0 Å². The molecule has 2 heterocycles. The maximum atomic E-state index is 5.67. The van der Waals surface area contributed by atoms with Crippen LogP contribution in [0, 0.1) is 13.8 Å². The number of rotatable bonds is 7. The number of oxazole rings is 1. The van der Waals surface area contributed by atoms with Crippen LogP contribution in [0.5, 0.6) is 0 Å². The highest BCUT2D eigenvalue weighted by atomic mass is 16.5. The minimum Gasteiger partial charge on any atom is -0.444 e. The molecule has 0 amide bonds. The molecule has 33 heavy (non-hydrogen) atoms. The van der Waals surface area contributed by atoms with Crippen LogP contribution in [0.2, 0.25) is 0 Å². The van der Waals surface area contributed by atoms with Crippen molar-refractivity contribution in [2.75, 3.05) is 39.9 Å². The normalized spacial score (nSPS) is 15.9. The zero-order valence-corrected chi connectivity index (χ0v) is 19.7. The molecule has 3 aromatic rings. The summed E-state index contributed by atoms with van der Waals surface area (Å²) in [5.74, 6) is 1.36. The lowest BCUT2D eigenvalue weighted by Gasteiger charge is -2.35. The summed E-state index contributed by atoms with van der Waals surface area (Å²) in [6.07, 6.45) is 1.69. The summed E-state index contributed by atoms with van der Waals surface area (Å²) in [5, 5.41) is 6.85. The second-order valence-electron chi connectivity index (χ2n) is 8.39. The molecule has 0 spiro atoms. The quantitative estimate of drug-likeness (QED) is 0.425. The van der Waals surface area contributed by atoms with Crippen LogP contribution in [0.4, 0.5) is 0 Å². The van der Waals surface area contributed by atoms with E-state index in [0.717, 1.165) is 50.1 Å². The third-order valence-electron chi connectivity index (χ3n) is 5.89. The van der Waals surface area contributed by atoms with Crippen molar-refractivity contribution in [2.45, 2.75) is 26.4 Å². The Morgan fingerprint density at radius 2 is 1.85 bits per heavy atom. The first-order valence-electron chi connectivity index (χ1n) is 11.5. The lowest BCUT2D eigenvalue weighted by Crippen LogP contribution is -2.46. The van der Waals surface area contributed by atoms with Crippen molar-refractivity contribution in [3.63, 3.8) is 0 Å². The Hall–Kier alpha value is -3.16. The molecule has 2 N–H and O–H groups in total. The van der Waals surface area contributed by atoms with Gasteiger partial charge in [0.2, 0.25) is 5.89 Å². The van der Waals surface area contributed by atoms with Crippen molar-refractivity contribution in [3.05, 3.63) is 77.2 Å². The van der Waals surface area contributed by atoms with Crippen molar-refractivity contribution in [2.24, 2.45) is 4.99 Å². The minimum absolute atomic E-state index is 0.243. The molecule has 1 aliphatic rings. The lowest BCUT2D eigenvalue weighted by molar-refractivity contribution is 0.0170. The Morgan fingerprint density at radius 3 is 2.58 bits per heavy atom. The van der Waals surface area contributed by atoms with Gasteiger partial charge in [0.25, 0.3) is 0 Å². The summed E-state index contributed by atoms with van der Waals surface area (Å²) >= 11 is 0. The van der Waals surface area contributed by atoms with Gasteiger partial charge >= 0.3 is 0 Å². The number of hydrogen-bond donors (Lipinski definition) is 2. The van der Waals surface area contributed by atoms with E-state index in [4.69, 9.17) is 9.15 Å². The Bertz CT molecular complexity index is 1050. The molecular weight excluding hydrogens is 414 g/mol. The Kier molecular flexibility index (Phi) is 7.75. The van der Waals surface area contributed by atoms with E-state index >= 15 is 0 Å². The van der Waals surface area contributed by atoms with Crippen molar-refractivity contribution < 1.29 is 9.15 Å². The van der Waals surface area contributed by atoms with E-state index in [0.29, 0.717) is 12.4 Å². The molecule has 4 rings (SSSR count). The Balaban J connectivity index is 1.37. The Labute approximate surface area is 195 Å². The van der Waals surface area contributed by atoms with Crippen molar-refractivity contribution in [3.8, 4) is 11.5 Å². The van der Waals surface area contributed by atoms with Crippen LogP contribution in [-0.2, 0) is 11.3 Å². The van der Waals surface area contributed by atoms with E-state index in [1.807, 2.05) is 12.1 Å². The van der Waals surface area contributed by atoms with Gasteiger partial charge in [-0.3, -0.25) is 9.89 Å². The number of aliphatic imine (C=N–C) groups is 1. The van der Waals surface area contributed by atoms with Gasteiger partial charge in [0, 0.05) is 32.2 Å². The van der Waals surface area contributed by atoms with E-state index in [1.54, 1.807) is 13.3 Å². The van der Waals surface area contributed by atoms with Gasteiger partial charge in [-0.05, 0) is 31.5 Å². The van der Waals surface area contributed by atoms with Crippen LogP contribution >= 0.6 is 0 Å². The third kappa shape index (κ3) is 6.21. The molecule has 1 unspecified atom stereocenters. The first-order chi connectivity index (χ1) is 16.1. The number of aryl methyl sites for hydroxylation is 2. The predicted molar refractivity (Wildman–Crippen MR) is 131 cm³/mol. The van der Waals surface area contributed by atoms with Gasteiger partial charge in [-0.25, -0.2) is 4.98 Å². The molecule has 0 saturated carbocycles. The van der Waals surface area contributed by atoms with Crippen LogP contribution in [0.15, 0.2) is 64.2 Å². The van der Waals surface area contributed by atoms with E-state index in [-0.39, 0.29) is 6.04 Å². The number of guanidine groups is 1. The average molecular weight is 448 g/mol. The number of nitrogens with one attached hydrogen (secondary N) is 2. The first kappa shape index (κ1) is 23.0. The number of hydrogen-bond acceptors (Lipinski definition) is 5. The van der Waals surface area contributed by atoms with Gasteiger partial charge in [-0.1, -0.05) is 47.5 Å². The van der Waals surface area contributed by atoms with Crippen molar-refractivity contribution >= 4 is 5.96 Å². The van der Waals surface area contributed by atoms with Crippen LogP contribution in [-0.4, -0.2) is 55.7 Å². The minimum atomic E-state index is 0.243. The topological polar surface area (TPSA) is 74.9 Å². The van der Waals surface area contributed by atoms with Crippen molar-refractivity contribution in [1.29, 1.82) is 0 Å².